The van der Waals surface area contributed by atoms with Gasteiger partial charge in [-0.2, -0.15) is 26.4 Å². The predicted molar refractivity (Wildman–Crippen MR) is 286 cm³/mol. The summed E-state index contributed by atoms with van der Waals surface area (Å²) in [6.07, 6.45) is 5.35. The molecule has 0 radical (unpaired) electrons. The number of hydrogen-bond donors (Lipinski definition) is 0. The van der Waals surface area contributed by atoms with Crippen molar-refractivity contribution in [3.8, 4) is 22.3 Å². The van der Waals surface area contributed by atoms with E-state index in [2.05, 4.69) is 290 Å². The molecule has 2 aliphatic heterocycles. The molecule has 2 aliphatic rings. The number of fused-ring (bicyclic) bond motifs is 2. The van der Waals surface area contributed by atoms with Crippen LogP contribution in [-0.2, 0) is 10.8 Å². The van der Waals surface area contributed by atoms with Crippen molar-refractivity contribution in [1.29, 1.82) is 0 Å². The Kier molecular flexibility index (Phi) is 12.0. The molecule has 10 rings (SSSR count). The number of nitrogens with zero attached hydrogens (tertiary/aromatic N) is 2. The fraction of sp³-hybridized carbons (Fsp3) is 0.159. The Balaban J connectivity index is 0.000000178. The van der Waals surface area contributed by atoms with Crippen molar-refractivity contribution in [1.82, 2.24) is 0 Å². The second kappa shape index (κ2) is 18.0. The number of para-hydroxylation sites is 2. The first-order valence-electron chi connectivity index (χ1n) is 23.4. The summed E-state index contributed by atoms with van der Waals surface area (Å²) >= 11 is 0. The van der Waals surface area contributed by atoms with Gasteiger partial charge in [0.25, 0.3) is 0 Å². The van der Waals surface area contributed by atoms with E-state index in [1.165, 1.54) is 89.1 Å². The third-order valence-corrected chi connectivity index (χ3v) is 14.6. The minimum absolute atomic E-state index is 0.0143. The van der Waals surface area contributed by atoms with Crippen LogP contribution >= 0.6 is 0 Å². The van der Waals surface area contributed by atoms with Crippen LogP contribution in [-0.4, -0.2) is 30.5 Å². The Morgan fingerprint density at radius 2 is 0.833 bits per heavy atom. The lowest BCUT2D eigenvalue weighted by molar-refractivity contribution is -0.401. The number of benzene rings is 8. The van der Waals surface area contributed by atoms with Crippen LogP contribution in [0.1, 0.15) is 49.9 Å². The van der Waals surface area contributed by atoms with E-state index in [4.69, 9.17) is 0 Å². The third-order valence-electron chi connectivity index (χ3n) is 14.6. The van der Waals surface area contributed by atoms with Crippen molar-refractivity contribution in [2.45, 2.75) is 52.4 Å². The van der Waals surface area contributed by atoms with E-state index in [1.807, 2.05) is 0 Å². The molecule has 0 amide bonds. The normalized spacial score (nSPS) is 15.4. The van der Waals surface area contributed by atoms with Crippen LogP contribution in [0.4, 0.5) is 11.4 Å². The number of allylic oxidation sites excluding steroid dienone is 4. The monoisotopic (exact) mass is 856 g/mol. The molecule has 0 fully saturated rings. The maximum absolute atomic E-state index is 2.34. The van der Waals surface area contributed by atoms with Crippen molar-refractivity contribution < 1.29 is 4.58 Å². The average Bonchev–Trinajstić information content (AvgIpc) is 3.67. The first-order chi connectivity index (χ1) is 31.9. The van der Waals surface area contributed by atoms with E-state index < -0.39 is 6.15 Å². The molecule has 8 aromatic rings. The molecule has 0 saturated carbocycles. The molecule has 0 spiro atoms. The topological polar surface area (TPSA) is 6.25 Å². The second-order valence-corrected chi connectivity index (χ2v) is 19.4. The minimum Gasteiger partial charge on any atom is -0.347 e. The molecule has 0 aliphatic carbocycles. The van der Waals surface area contributed by atoms with E-state index in [0.29, 0.717) is 0 Å². The second-order valence-electron chi connectivity index (χ2n) is 19.4. The molecule has 0 N–H and O–H groups in total. The molecular formula is C63H61BN2. The fourth-order valence-corrected chi connectivity index (χ4v) is 10.9. The number of likely N-dealkylation sites (N-methyl/N-ethyl adjacent to an activating group) is 1. The van der Waals surface area contributed by atoms with Crippen molar-refractivity contribution in [2.24, 2.45) is 0 Å². The van der Waals surface area contributed by atoms with Crippen LogP contribution in [0.15, 0.2) is 230 Å². The quantitative estimate of drug-likeness (QED) is 0.109. The Morgan fingerprint density at radius 1 is 0.439 bits per heavy atom. The molecule has 0 atom stereocenters. The highest BCUT2D eigenvalue weighted by Gasteiger charge is 2.43. The highest BCUT2D eigenvalue weighted by Crippen LogP contribution is 2.46. The third kappa shape index (κ3) is 7.98. The molecule has 326 valence electrons. The van der Waals surface area contributed by atoms with Crippen molar-refractivity contribution in [3.63, 3.8) is 0 Å². The number of rotatable bonds is 8. The van der Waals surface area contributed by atoms with Gasteiger partial charge in [-0.15, -0.1) is 0 Å². The van der Waals surface area contributed by atoms with Crippen LogP contribution in [0.5, 0.6) is 0 Å². The van der Waals surface area contributed by atoms with Crippen LogP contribution < -0.4 is 26.8 Å². The summed E-state index contributed by atoms with van der Waals surface area (Å²) in [7, 11) is 4.34. The van der Waals surface area contributed by atoms with E-state index in [9.17, 15) is 0 Å². The van der Waals surface area contributed by atoms with E-state index in [-0.39, 0.29) is 10.8 Å². The highest BCUT2D eigenvalue weighted by atomic mass is 15.2. The van der Waals surface area contributed by atoms with Crippen molar-refractivity contribution in [2.75, 3.05) is 19.0 Å². The number of aryl methyl sites for hydroxylation is 2. The lowest BCUT2D eigenvalue weighted by atomic mass is 9.13. The van der Waals surface area contributed by atoms with E-state index in [1.54, 1.807) is 0 Å². The molecule has 2 heterocycles. The molecule has 2 nitrogen and oxygen atoms in total. The number of anilines is 1. The molecule has 66 heavy (non-hydrogen) atoms. The van der Waals surface area contributed by atoms with Gasteiger partial charge in [-0.25, -0.2) is 0 Å². The Labute approximate surface area is 393 Å². The summed E-state index contributed by atoms with van der Waals surface area (Å²) in [4.78, 5) is 2.32. The van der Waals surface area contributed by atoms with E-state index in [0.717, 1.165) is 0 Å². The van der Waals surface area contributed by atoms with Crippen LogP contribution in [0.3, 0.4) is 0 Å². The van der Waals surface area contributed by atoms with Crippen molar-refractivity contribution in [3.05, 3.63) is 252 Å². The van der Waals surface area contributed by atoms with Gasteiger partial charge in [0.05, 0.1) is 5.41 Å². The van der Waals surface area contributed by atoms with Crippen molar-refractivity contribution >= 4 is 45.1 Å². The predicted octanol–water partition coefficient (Wildman–Crippen LogP) is 12.6. The lowest BCUT2D eigenvalue weighted by Gasteiger charge is -2.44. The van der Waals surface area contributed by atoms with Crippen LogP contribution in [0, 0.1) is 13.8 Å². The SMILES string of the molecule is CN1/C(=C/C=C/C2=[N+](C)c3ccccc3C2(C)C)C(C)(C)c2ccccc21.Cc1ccc([B-](c2ccc(C)cc2)(c2ccc(-c3ccccc3)cc2)c2ccc(-c3ccccc3)cc2)cc1. The van der Waals surface area contributed by atoms with Gasteiger partial charge in [0, 0.05) is 41.6 Å². The molecule has 8 aromatic carbocycles. The molecule has 0 bridgehead atoms. The average molecular weight is 857 g/mol. The largest absolute Gasteiger partial charge is 0.347 e. The molecule has 3 heteroatoms. The van der Waals surface area contributed by atoms with Crippen LogP contribution in [0.2, 0.25) is 0 Å². The smallest absolute Gasteiger partial charge is 0.209 e. The van der Waals surface area contributed by atoms with Gasteiger partial charge < -0.3 is 4.90 Å². The summed E-state index contributed by atoms with van der Waals surface area (Å²) in [5.74, 6) is 0. The van der Waals surface area contributed by atoms with Gasteiger partial charge >= 0.3 is 0 Å². The first kappa shape index (κ1) is 44.0. The zero-order chi connectivity index (χ0) is 46.1. The number of hydrogen-bond acceptors (Lipinski definition) is 1. The Bertz CT molecular complexity index is 2930. The highest BCUT2D eigenvalue weighted by molar-refractivity contribution is 7.19. The molecule has 0 unspecified atom stereocenters. The van der Waals surface area contributed by atoms with E-state index >= 15 is 0 Å². The maximum Gasteiger partial charge on any atom is 0.209 e. The fourth-order valence-electron chi connectivity index (χ4n) is 10.9. The zero-order valence-electron chi connectivity index (χ0n) is 39.8. The van der Waals surface area contributed by atoms with Gasteiger partial charge in [-0.1, -0.05) is 225 Å². The van der Waals surface area contributed by atoms with Crippen LogP contribution in [0.25, 0.3) is 22.3 Å². The summed E-state index contributed by atoms with van der Waals surface area (Å²) in [5, 5.41) is 0. The lowest BCUT2D eigenvalue weighted by Crippen LogP contribution is -2.74. The van der Waals surface area contributed by atoms with Gasteiger partial charge in [0.1, 0.15) is 13.2 Å². The minimum atomic E-state index is -1.42. The molecular weight excluding hydrogens is 796 g/mol. The zero-order valence-corrected chi connectivity index (χ0v) is 39.8. The Hall–Kier alpha value is -7.23. The molecule has 0 saturated heterocycles. The maximum atomic E-state index is 2.34. The summed E-state index contributed by atoms with van der Waals surface area (Å²) in [5.41, 5.74) is 20.8. The Morgan fingerprint density at radius 3 is 1.29 bits per heavy atom. The first-order valence-corrected chi connectivity index (χ1v) is 23.4. The summed E-state index contributed by atoms with van der Waals surface area (Å²) < 4.78 is 2.32. The van der Waals surface area contributed by atoms with Gasteiger partial charge in [-0.3, -0.25) is 0 Å². The molecule has 0 aromatic heterocycles. The summed E-state index contributed by atoms with van der Waals surface area (Å²) in [6.45, 7) is 13.6. The van der Waals surface area contributed by atoms with Gasteiger partial charge in [-0.05, 0) is 67.7 Å². The summed E-state index contributed by atoms with van der Waals surface area (Å²) in [6, 6.07) is 75.4. The van der Waals surface area contributed by atoms with Gasteiger partial charge in [0.15, 0.2) is 5.71 Å². The van der Waals surface area contributed by atoms with Gasteiger partial charge in [0.2, 0.25) is 5.69 Å². The standard InChI is InChI=1S/C38H32B.C25H29N2/c1-29-13-21-35(22-14-29)39(36-23-15-30(2)16-24-36,37-25-17-33(18-26-37)31-9-5-3-6-10-31)38-27-19-34(20-28-38)32-11-7-4-8-12-32;1-24(2)18-12-7-9-14-20(18)26(5)22(24)16-11-17-23-25(3,4)19-13-8-10-15-21(19)27(23)6/h3-28H,1-2H3;7-17H,1-6H3/q-1;+1.